The van der Waals surface area contributed by atoms with Gasteiger partial charge in [0.15, 0.2) is 0 Å². The SMILES string of the molecule is CCCCCOc1ccc(C#N)c(Br)c1. The highest BCUT2D eigenvalue weighted by molar-refractivity contribution is 9.10. The van der Waals surface area contributed by atoms with Crippen LogP contribution < -0.4 is 4.74 Å². The monoisotopic (exact) mass is 267 g/mol. The molecule has 0 saturated carbocycles. The van der Waals surface area contributed by atoms with Crippen LogP contribution in [0.25, 0.3) is 0 Å². The molecular weight excluding hydrogens is 254 g/mol. The van der Waals surface area contributed by atoms with Crippen LogP contribution in [0.3, 0.4) is 0 Å². The summed E-state index contributed by atoms with van der Waals surface area (Å²) >= 11 is 3.33. The van der Waals surface area contributed by atoms with Crippen LogP contribution in [-0.2, 0) is 0 Å². The Balaban J connectivity index is 2.49. The molecule has 0 fully saturated rings. The molecule has 0 aliphatic carbocycles. The summed E-state index contributed by atoms with van der Waals surface area (Å²) < 4.78 is 6.34. The molecule has 0 saturated heterocycles. The lowest BCUT2D eigenvalue weighted by Crippen LogP contribution is -1.97. The van der Waals surface area contributed by atoms with Crippen molar-refractivity contribution in [3.63, 3.8) is 0 Å². The molecule has 0 N–H and O–H groups in total. The summed E-state index contributed by atoms with van der Waals surface area (Å²) in [6.45, 7) is 2.91. The molecule has 15 heavy (non-hydrogen) atoms. The average molecular weight is 268 g/mol. The van der Waals surface area contributed by atoms with Crippen LogP contribution in [0.1, 0.15) is 31.7 Å². The molecule has 3 heteroatoms. The first-order valence-electron chi connectivity index (χ1n) is 5.10. The van der Waals surface area contributed by atoms with Crippen molar-refractivity contribution in [2.75, 3.05) is 6.61 Å². The molecule has 0 aliphatic heterocycles. The standard InChI is InChI=1S/C12H14BrNO/c1-2-3-4-7-15-11-6-5-10(9-14)12(13)8-11/h5-6,8H,2-4,7H2,1H3. The second-order valence-corrected chi connectivity index (χ2v) is 4.16. The van der Waals surface area contributed by atoms with Gasteiger partial charge in [0.2, 0.25) is 0 Å². The first kappa shape index (κ1) is 12.1. The minimum absolute atomic E-state index is 0.635. The van der Waals surface area contributed by atoms with E-state index in [0.29, 0.717) is 5.56 Å². The molecule has 0 unspecified atom stereocenters. The van der Waals surface area contributed by atoms with E-state index in [1.165, 1.54) is 12.8 Å². The summed E-state index contributed by atoms with van der Waals surface area (Å²) in [5.41, 5.74) is 0.635. The largest absolute Gasteiger partial charge is 0.494 e. The van der Waals surface area contributed by atoms with Gasteiger partial charge in [-0.25, -0.2) is 0 Å². The van der Waals surface area contributed by atoms with Gasteiger partial charge in [0.25, 0.3) is 0 Å². The van der Waals surface area contributed by atoms with Crippen molar-refractivity contribution in [3.05, 3.63) is 28.2 Å². The van der Waals surface area contributed by atoms with E-state index in [0.717, 1.165) is 23.2 Å². The minimum atomic E-state index is 0.635. The fourth-order valence-electron chi connectivity index (χ4n) is 1.22. The number of ether oxygens (including phenoxy) is 1. The van der Waals surface area contributed by atoms with Crippen molar-refractivity contribution in [3.8, 4) is 11.8 Å². The topological polar surface area (TPSA) is 33.0 Å². The first-order chi connectivity index (χ1) is 7.27. The van der Waals surface area contributed by atoms with Crippen LogP contribution in [0.4, 0.5) is 0 Å². The van der Waals surface area contributed by atoms with Crippen molar-refractivity contribution in [1.29, 1.82) is 5.26 Å². The maximum absolute atomic E-state index is 8.73. The van der Waals surface area contributed by atoms with Gasteiger partial charge in [-0.2, -0.15) is 5.26 Å². The smallest absolute Gasteiger partial charge is 0.120 e. The van der Waals surface area contributed by atoms with E-state index in [-0.39, 0.29) is 0 Å². The Labute approximate surface area is 99.0 Å². The number of nitriles is 1. The van der Waals surface area contributed by atoms with Crippen molar-refractivity contribution in [2.45, 2.75) is 26.2 Å². The number of unbranched alkanes of at least 4 members (excludes halogenated alkanes) is 2. The highest BCUT2D eigenvalue weighted by Crippen LogP contribution is 2.22. The van der Waals surface area contributed by atoms with Crippen LogP contribution in [-0.4, -0.2) is 6.61 Å². The third-order valence-corrected chi connectivity index (χ3v) is 2.73. The lowest BCUT2D eigenvalue weighted by atomic mass is 10.2. The zero-order chi connectivity index (χ0) is 11.1. The zero-order valence-electron chi connectivity index (χ0n) is 8.79. The van der Waals surface area contributed by atoms with Crippen LogP contribution in [0, 0.1) is 11.3 Å². The number of hydrogen-bond donors (Lipinski definition) is 0. The summed E-state index contributed by atoms with van der Waals surface area (Å²) in [7, 11) is 0. The maximum atomic E-state index is 8.73. The molecule has 2 nitrogen and oxygen atoms in total. The molecule has 0 amide bonds. The number of hydrogen-bond acceptors (Lipinski definition) is 2. The van der Waals surface area contributed by atoms with Crippen LogP contribution in [0.5, 0.6) is 5.75 Å². The van der Waals surface area contributed by atoms with Gasteiger partial charge >= 0.3 is 0 Å². The van der Waals surface area contributed by atoms with Gasteiger partial charge in [0.1, 0.15) is 11.8 Å². The van der Waals surface area contributed by atoms with E-state index >= 15 is 0 Å². The number of nitrogens with zero attached hydrogens (tertiary/aromatic N) is 1. The highest BCUT2D eigenvalue weighted by Gasteiger charge is 2.00. The van der Waals surface area contributed by atoms with Crippen molar-refractivity contribution < 1.29 is 4.74 Å². The quantitative estimate of drug-likeness (QED) is 0.759. The number of benzene rings is 1. The Morgan fingerprint density at radius 1 is 1.40 bits per heavy atom. The summed E-state index contributed by atoms with van der Waals surface area (Å²) in [5, 5.41) is 8.73. The molecule has 80 valence electrons. The molecule has 0 spiro atoms. The summed E-state index contributed by atoms with van der Waals surface area (Å²) in [4.78, 5) is 0. The van der Waals surface area contributed by atoms with Crippen molar-refractivity contribution in [2.24, 2.45) is 0 Å². The third kappa shape index (κ3) is 3.93. The average Bonchev–Trinajstić information content (AvgIpc) is 2.25. The molecule has 0 atom stereocenters. The lowest BCUT2D eigenvalue weighted by Gasteiger charge is -2.06. The van der Waals surface area contributed by atoms with Crippen LogP contribution in [0.2, 0.25) is 0 Å². The molecule has 1 aromatic rings. The van der Waals surface area contributed by atoms with E-state index in [4.69, 9.17) is 10.00 Å². The predicted molar refractivity (Wildman–Crippen MR) is 63.9 cm³/mol. The molecule has 0 aliphatic rings. The van der Waals surface area contributed by atoms with Gasteiger partial charge in [0.05, 0.1) is 12.2 Å². The molecule has 0 bridgehead atoms. The van der Waals surface area contributed by atoms with E-state index in [2.05, 4.69) is 28.9 Å². The zero-order valence-corrected chi connectivity index (χ0v) is 10.4. The summed E-state index contributed by atoms with van der Waals surface area (Å²) in [6, 6.07) is 7.53. The van der Waals surface area contributed by atoms with Gasteiger partial charge in [-0.15, -0.1) is 0 Å². The number of rotatable bonds is 5. The third-order valence-electron chi connectivity index (χ3n) is 2.08. The van der Waals surface area contributed by atoms with E-state index in [1.54, 1.807) is 6.07 Å². The second kappa shape index (κ2) is 6.47. The van der Waals surface area contributed by atoms with Gasteiger partial charge in [-0.3, -0.25) is 0 Å². The van der Waals surface area contributed by atoms with E-state index < -0.39 is 0 Å². The van der Waals surface area contributed by atoms with E-state index in [1.807, 2.05) is 12.1 Å². The Bertz CT molecular complexity index is 357. The van der Waals surface area contributed by atoms with Crippen LogP contribution >= 0.6 is 15.9 Å². The lowest BCUT2D eigenvalue weighted by molar-refractivity contribution is 0.306. The Morgan fingerprint density at radius 3 is 2.80 bits per heavy atom. The van der Waals surface area contributed by atoms with Gasteiger partial charge in [-0.1, -0.05) is 19.8 Å². The Kier molecular flexibility index (Phi) is 5.20. The maximum Gasteiger partial charge on any atom is 0.120 e. The van der Waals surface area contributed by atoms with Gasteiger partial charge in [0, 0.05) is 4.47 Å². The molecule has 1 rings (SSSR count). The molecule has 1 aromatic carbocycles. The van der Waals surface area contributed by atoms with Crippen LogP contribution in [0.15, 0.2) is 22.7 Å². The van der Waals surface area contributed by atoms with Gasteiger partial charge < -0.3 is 4.74 Å². The Hall–Kier alpha value is -1.01. The minimum Gasteiger partial charge on any atom is -0.494 e. The summed E-state index contributed by atoms with van der Waals surface area (Å²) in [6.07, 6.45) is 3.46. The Morgan fingerprint density at radius 2 is 2.20 bits per heavy atom. The highest BCUT2D eigenvalue weighted by atomic mass is 79.9. The molecule has 0 radical (unpaired) electrons. The first-order valence-corrected chi connectivity index (χ1v) is 5.89. The fraction of sp³-hybridized carbons (Fsp3) is 0.417. The van der Waals surface area contributed by atoms with E-state index in [9.17, 15) is 0 Å². The molecular formula is C12H14BrNO. The summed E-state index contributed by atoms with van der Waals surface area (Å²) in [5.74, 6) is 0.817. The normalized spacial score (nSPS) is 9.67. The van der Waals surface area contributed by atoms with Crippen molar-refractivity contribution >= 4 is 15.9 Å². The predicted octanol–water partition coefficient (Wildman–Crippen LogP) is 3.89. The van der Waals surface area contributed by atoms with Crippen molar-refractivity contribution in [1.82, 2.24) is 0 Å². The second-order valence-electron chi connectivity index (χ2n) is 3.31. The number of halogens is 1. The molecule has 0 heterocycles. The van der Waals surface area contributed by atoms with Gasteiger partial charge in [-0.05, 0) is 40.5 Å². The molecule has 0 aromatic heterocycles. The fourth-order valence-corrected chi connectivity index (χ4v) is 1.66.